The van der Waals surface area contributed by atoms with Crippen molar-refractivity contribution >= 4 is 15.9 Å². The quantitative estimate of drug-likeness (QED) is 0.619. The molecule has 0 heterocycles. The van der Waals surface area contributed by atoms with Gasteiger partial charge in [0.05, 0.1) is 0 Å². The van der Waals surface area contributed by atoms with Crippen LogP contribution in [0.25, 0.3) is 0 Å². The van der Waals surface area contributed by atoms with Gasteiger partial charge in [0, 0.05) is 4.83 Å². The van der Waals surface area contributed by atoms with Gasteiger partial charge in [0.2, 0.25) is 0 Å². The van der Waals surface area contributed by atoms with Crippen LogP contribution in [-0.2, 0) is 5.41 Å². The summed E-state index contributed by atoms with van der Waals surface area (Å²) < 4.78 is 0. The normalized spacial score (nSPS) is 18.1. The van der Waals surface area contributed by atoms with Gasteiger partial charge < -0.3 is 0 Å². The minimum absolute atomic E-state index is 0.302. The molecule has 1 aliphatic rings. The van der Waals surface area contributed by atoms with Crippen molar-refractivity contribution in [3.8, 4) is 0 Å². The first-order valence-electron chi connectivity index (χ1n) is 6.77. The smallest absolute Gasteiger partial charge is 0.0397 e. The van der Waals surface area contributed by atoms with Crippen LogP contribution in [0, 0.1) is 5.92 Å². The monoisotopic (exact) mass is 294 g/mol. The molecule has 0 amide bonds. The maximum Gasteiger partial charge on any atom is 0.0397 e. The largest absolute Gasteiger partial charge is 0.0839 e. The van der Waals surface area contributed by atoms with Crippen molar-refractivity contribution in [1.82, 2.24) is 0 Å². The van der Waals surface area contributed by atoms with E-state index in [9.17, 15) is 0 Å². The Hall–Kier alpha value is -0.300. The topological polar surface area (TPSA) is 0 Å². The van der Waals surface area contributed by atoms with Crippen molar-refractivity contribution < 1.29 is 0 Å². The molecule has 1 atom stereocenters. The Kier molecular flexibility index (Phi) is 3.97. The van der Waals surface area contributed by atoms with Gasteiger partial charge in [-0.3, -0.25) is 0 Å². The Morgan fingerprint density at radius 1 is 1.24 bits per heavy atom. The van der Waals surface area contributed by atoms with Crippen molar-refractivity contribution in [2.24, 2.45) is 5.92 Å². The van der Waals surface area contributed by atoms with Gasteiger partial charge in [-0.15, -0.1) is 0 Å². The molecule has 0 spiro atoms. The summed E-state index contributed by atoms with van der Waals surface area (Å²) in [5.41, 5.74) is 3.19. The average molecular weight is 295 g/mol. The van der Waals surface area contributed by atoms with Gasteiger partial charge in [-0.05, 0) is 35.3 Å². The van der Waals surface area contributed by atoms with Crippen LogP contribution in [0.4, 0.5) is 0 Å². The lowest BCUT2D eigenvalue weighted by atomic mass is 9.82. The minimum atomic E-state index is 0.302. The zero-order chi connectivity index (χ0) is 12.5. The molecule has 1 aromatic carbocycles. The first-order valence-corrected chi connectivity index (χ1v) is 7.69. The molecule has 1 fully saturated rings. The lowest BCUT2D eigenvalue weighted by Gasteiger charge is -2.23. The van der Waals surface area contributed by atoms with E-state index in [1.807, 2.05) is 0 Å². The second-order valence-corrected chi connectivity index (χ2v) is 7.11. The van der Waals surface area contributed by atoms with E-state index in [2.05, 4.69) is 61.0 Å². The average Bonchev–Trinajstić information content (AvgIpc) is 3.13. The highest BCUT2D eigenvalue weighted by atomic mass is 79.9. The molecule has 1 unspecified atom stereocenters. The number of rotatable bonds is 5. The van der Waals surface area contributed by atoms with E-state index in [1.165, 1.54) is 36.8 Å². The summed E-state index contributed by atoms with van der Waals surface area (Å²) in [6.45, 7) is 6.89. The Balaban J connectivity index is 2.06. The molecule has 0 bridgehead atoms. The second kappa shape index (κ2) is 5.14. The first kappa shape index (κ1) is 13.1. The molecule has 1 aromatic rings. The molecule has 0 radical (unpaired) electrons. The first-order chi connectivity index (χ1) is 8.03. The third-order valence-corrected chi connectivity index (χ3v) is 5.08. The van der Waals surface area contributed by atoms with Gasteiger partial charge in [0.1, 0.15) is 0 Å². The Bertz CT molecular complexity index is 360. The van der Waals surface area contributed by atoms with Crippen molar-refractivity contribution in [3.05, 3.63) is 35.4 Å². The molecule has 1 saturated carbocycles. The highest BCUT2D eigenvalue weighted by molar-refractivity contribution is 9.09. The van der Waals surface area contributed by atoms with Gasteiger partial charge in [0.25, 0.3) is 0 Å². The fourth-order valence-corrected chi connectivity index (χ4v) is 2.96. The van der Waals surface area contributed by atoms with E-state index in [0.717, 1.165) is 5.92 Å². The lowest BCUT2D eigenvalue weighted by Crippen LogP contribution is -2.15. The van der Waals surface area contributed by atoms with Gasteiger partial charge >= 0.3 is 0 Å². The van der Waals surface area contributed by atoms with Crippen LogP contribution >= 0.6 is 15.9 Å². The van der Waals surface area contributed by atoms with Gasteiger partial charge in [0.15, 0.2) is 0 Å². The summed E-state index contributed by atoms with van der Waals surface area (Å²) in [5, 5.41) is 0. The molecule has 94 valence electrons. The summed E-state index contributed by atoms with van der Waals surface area (Å²) in [6.07, 6.45) is 5.36. The van der Waals surface area contributed by atoms with E-state index >= 15 is 0 Å². The van der Waals surface area contributed by atoms with Crippen LogP contribution in [-0.4, -0.2) is 0 Å². The van der Waals surface area contributed by atoms with E-state index in [1.54, 1.807) is 0 Å². The number of alkyl halides is 1. The molecule has 0 aliphatic heterocycles. The molecule has 2 rings (SSSR count). The number of halogens is 1. The lowest BCUT2D eigenvalue weighted by molar-refractivity contribution is 0.506. The van der Waals surface area contributed by atoms with Crippen LogP contribution in [0.1, 0.15) is 62.4 Å². The van der Waals surface area contributed by atoms with E-state index in [4.69, 9.17) is 0 Å². The number of hydrogen-bond acceptors (Lipinski definition) is 0. The standard InChI is InChI=1S/C16H23Br/c1-4-16(2,3)14-9-7-13(8-10-14)15(17)11-12-5-6-12/h7-10,12,15H,4-6,11H2,1-3H3. The van der Waals surface area contributed by atoms with Crippen LogP contribution in [0.2, 0.25) is 0 Å². The Labute approximate surface area is 114 Å². The fourth-order valence-electron chi connectivity index (χ4n) is 2.13. The summed E-state index contributed by atoms with van der Waals surface area (Å²) in [5.74, 6) is 0.978. The third kappa shape index (κ3) is 3.34. The molecule has 0 saturated heterocycles. The van der Waals surface area contributed by atoms with Crippen LogP contribution in [0.15, 0.2) is 24.3 Å². The molecule has 17 heavy (non-hydrogen) atoms. The fraction of sp³-hybridized carbons (Fsp3) is 0.625. The van der Waals surface area contributed by atoms with Crippen LogP contribution in [0.5, 0.6) is 0 Å². The Morgan fingerprint density at radius 2 is 1.82 bits per heavy atom. The van der Waals surface area contributed by atoms with Gasteiger partial charge in [-0.25, -0.2) is 0 Å². The molecule has 1 aliphatic carbocycles. The molecule has 0 nitrogen and oxygen atoms in total. The molecule has 0 N–H and O–H groups in total. The highest BCUT2D eigenvalue weighted by Gasteiger charge is 2.25. The number of benzene rings is 1. The van der Waals surface area contributed by atoms with Crippen molar-refractivity contribution in [2.75, 3.05) is 0 Å². The van der Waals surface area contributed by atoms with Crippen LogP contribution in [0.3, 0.4) is 0 Å². The summed E-state index contributed by atoms with van der Waals surface area (Å²) >= 11 is 3.82. The van der Waals surface area contributed by atoms with Crippen LogP contribution < -0.4 is 0 Å². The van der Waals surface area contributed by atoms with E-state index < -0.39 is 0 Å². The predicted octanol–water partition coefficient (Wildman–Crippen LogP) is 5.61. The zero-order valence-corrected chi connectivity index (χ0v) is 12.8. The zero-order valence-electron chi connectivity index (χ0n) is 11.2. The molecule has 0 aromatic heterocycles. The molecule has 1 heteroatoms. The summed E-state index contributed by atoms with van der Waals surface area (Å²) in [6, 6.07) is 9.21. The van der Waals surface area contributed by atoms with E-state index in [-0.39, 0.29) is 0 Å². The molecular weight excluding hydrogens is 272 g/mol. The summed E-state index contributed by atoms with van der Waals surface area (Å²) in [4.78, 5) is 0.550. The summed E-state index contributed by atoms with van der Waals surface area (Å²) in [7, 11) is 0. The van der Waals surface area contributed by atoms with Crippen molar-refractivity contribution in [3.63, 3.8) is 0 Å². The predicted molar refractivity (Wildman–Crippen MR) is 78.8 cm³/mol. The van der Waals surface area contributed by atoms with Gasteiger partial charge in [-0.1, -0.05) is 73.8 Å². The highest BCUT2D eigenvalue weighted by Crippen LogP contribution is 2.41. The maximum atomic E-state index is 3.82. The van der Waals surface area contributed by atoms with Gasteiger partial charge in [-0.2, -0.15) is 0 Å². The Morgan fingerprint density at radius 3 is 2.29 bits per heavy atom. The van der Waals surface area contributed by atoms with Crippen molar-refractivity contribution in [2.45, 2.75) is 56.7 Å². The minimum Gasteiger partial charge on any atom is -0.0839 e. The number of hydrogen-bond donors (Lipinski definition) is 0. The second-order valence-electron chi connectivity index (χ2n) is 6.01. The third-order valence-electron chi connectivity index (χ3n) is 4.17. The van der Waals surface area contributed by atoms with Crippen molar-refractivity contribution in [1.29, 1.82) is 0 Å². The van der Waals surface area contributed by atoms with E-state index in [0.29, 0.717) is 10.2 Å². The SMILES string of the molecule is CCC(C)(C)c1ccc(C(Br)CC2CC2)cc1. The molecular formula is C16H23Br. The maximum absolute atomic E-state index is 3.82.